The van der Waals surface area contributed by atoms with Gasteiger partial charge in [0.25, 0.3) is 0 Å². The van der Waals surface area contributed by atoms with Crippen molar-refractivity contribution in [1.29, 1.82) is 0 Å². The number of aryl methyl sites for hydroxylation is 1. The molecule has 1 aromatic carbocycles. The number of carbonyl (C=O) groups excluding carboxylic acids is 1. The Balaban J connectivity index is 1.99. The van der Waals surface area contributed by atoms with Crippen LogP contribution >= 0.6 is 7.92 Å². The highest BCUT2D eigenvalue weighted by Crippen LogP contribution is 2.65. The summed E-state index contributed by atoms with van der Waals surface area (Å²) in [5.74, 6) is 1.42. The summed E-state index contributed by atoms with van der Waals surface area (Å²) in [5.41, 5.74) is 3.43. The van der Waals surface area contributed by atoms with Crippen molar-refractivity contribution in [2.75, 3.05) is 14.2 Å². The molecule has 3 nitrogen and oxygen atoms in total. The monoisotopic (exact) mass is 292 g/mol. The fraction of sp³-hybridized carbons (Fsp3) is 0.562. The Bertz CT molecular complexity index is 521. The van der Waals surface area contributed by atoms with Crippen molar-refractivity contribution in [3.8, 4) is 11.5 Å². The zero-order chi connectivity index (χ0) is 14.3. The molecule has 2 bridgehead atoms. The number of hydrogen-bond donors (Lipinski definition) is 0. The largest absolute Gasteiger partial charge is 0.497 e. The Hall–Kier alpha value is -1.08. The summed E-state index contributed by atoms with van der Waals surface area (Å²) in [7, 11) is 2.76. The van der Waals surface area contributed by atoms with Gasteiger partial charge in [0, 0.05) is 6.07 Å². The highest BCUT2D eigenvalue weighted by molar-refractivity contribution is 7.77. The average molecular weight is 292 g/mol. The van der Waals surface area contributed by atoms with Crippen molar-refractivity contribution in [3.05, 3.63) is 23.3 Å². The molecular formula is C16H21O3P. The summed E-state index contributed by atoms with van der Waals surface area (Å²) in [4.78, 5) is 13.0. The van der Waals surface area contributed by atoms with E-state index in [-0.39, 0.29) is 0 Å². The van der Waals surface area contributed by atoms with Crippen LogP contribution in [-0.4, -0.2) is 31.1 Å². The van der Waals surface area contributed by atoms with E-state index in [1.54, 1.807) is 14.2 Å². The lowest BCUT2D eigenvalue weighted by Crippen LogP contribution is -2.08. The minimum atomic E-state index is -0.506. The molecule has 2 aliphatic rings. The van der Waals surface area contributed by atoms with Crippen LogP contribution in [-0.2, 0) is 0 Å². The third-order valence-corrected chi connectivity index (χ3v) is 7.93. The van der Waals surface area contributed by atoms with Crippen molar-refractivity contribution >= 4 is 13.4 Å². The van der Waals surface area contributed by atoms with Crippen molar-refractivity contribution in [2.24, 2.45) is 0 Å². The second kappa shape index (κ2) is 5.37. The number of fused-ring (bicyclic) bond motifs is 2. The van der Waals surface area contributed by atoms with Crippen molar-refractivity contribution < 1.29 is 14.3 Å². The molecule has 2 heterocycles. The van der Waals surface area contributed by atoms with E-state index in [1.165, 1.54) is 25.7 Å². The zero-order valence-corrected chi connectivity index (χ0v) is 13.2. The van der Waals surface area contributed by atoms with Crippen LogP contribution in [0.2, 0.25) is 0 Å². The molecule has 108 valence electrons. The second-order valence-corrected chi connectivity index (χ2v) is 8.38. The summed E-state index contributed by atoms with van der Waals surface area (Å²) in [6.07, 6.45) is 5.00. The molecule has 0 atom stereocenters. The lowest BCUT2D eigenvalue weighted by molar-refractivity contribution is 0.107. The van der Waals surface area contributed by atoms with Crippen LogP contribution in [0.1, 0.15) is 41.6 Å². The molecule has 0 aromatic heterocycles. The smallest absolute Gasteiger partial charge is 0.188 e. The summed E-state index contributed by atoms with van der Waals surface area (Å²) in [6, 6.07) is 3.76. The molecule has 0 aliphatic carbocycles. The lowest BCUT2D eigenvalue weighted by Gasteiger charge is -2.19. The van der Waals surface area contributed by atoms with Crippen LogP contribution in [0.4, 0.5) is 0 Å². The Labute approximate surface area is 121 Å². The van der Waals surface area contributed by atoms with Crippen molar-refractivity contribution in [2.45, 2.75) is 43.9 Å². The van der Waals surface area contributed by atoms with E-state index in [4.69, 9.17) is 9.47 Å². The molecule has 0 amide bonds. The molecule has 2 fully saturated rings. The van der Waals surface area contributed by atoms with Crippen LogP contribution < -0.4 is 9.47 Å². The Morgan fingerprint density at radius 1 is 1.10 bits per heavy atom. The first-order chi connectivity index (χ1) is 9.65. The topological polar surface area (TPSA) is 35.5 Å². The van der Waals surface area contributed by atoms with Gasteiger partial charge in [0.1, 0.15) is 11.5 Å². The normalized spacial score (nSPS) is 27.6. The number of carbonyl (C=O) groups is 1. The van der Waals surface area contributed by atoms with Gasteiger partial charge in [0.2, 0.25) is 0 Å². The van der Waals surface area contributed by atoms with E-state index >= 15 is 0 Å². The molecule has 2 aliphatic heterocycles. The van der Waals surface area contributed by atoms with Gasteiger partial charge in [-0.05, 0) is 63.5 Å². The van der Waals surface area contributed by atoms with Gasteiger partial charge in [0.15, 0.2) is 5.52 Å². The molecule has 20 heavy (non-hydrogen) atoms. The van der Waals surface area contributed by atoms with Gasteiger partial charge in [-0.15, -0.1) is 0 Å². The molecule has 1 aromatic rings. The standard InChI is InChI=1S/C16H21O3P/c1-10-8-11(18-2)9-14(19-3)15(10)16(17)20-12-4-5-13(20)7-6-12/h8-9,12-13H,4-7H2,1-3H3. The van der Waals surface area contributed by atoms with Crippen molar-refractivity contribution in [1.82, 2.24) is 0 Å². The predicted molar refractivity (Wildman–Crippen MR) is 81.6 cm³/mol. The van der Waals surface area contributed by atoms with Gasteiger partial charge in [-0.3, -0.25) is 4.79 Å². The minimum Gasteiger partial charge on any atom is -0.497 e. The SMILES string of the molecule is COc1cc(C)c(C(=O)P2C3CCC2CC3)c(OC)c1. The first-order valence-corrected chi connectivity index (χ1v) is 8.69. The quantitative estimate of drug-likeness (QED) is 0.788. The number of hydrogen-bond acceptors (Lipinski definition) is 3. The van der Waals surface area contributed by atoms with Crippen LogP contribution in [0.15, 0.2) is 12.1 Å². The van der Waals surface area contributed by atoms with E-state index < -0.39 is 7.92 Å². The maximum absolute atomic E-state index is 13.0. The van der Waals surface area contributed by atoms with Gasteiger partial charge in [-0.1, -0.05) is 0 Å². The maximum atomic E-state index is 13.0. The van der Waals surface area contributed by atoms with Crippen LogP contribution in [0, 0.1) is 6.92 Å². The molecule has 0 spiro atoms. The van der Waals surface area contributed by atoms with Gasteiger partial charge in [-0.2, -0.15) is 0 Å². The summed E-state index contributed by atoms with van der Waals surface area (Å²) in [6.45, 7) is 1.98. The minimum absolute atomic E-state index is 0.349. The fourth-order valence-electron chi connectivity index (χ4n) is 3.65. The van der Waals surface area contributed by atoms with Gasteiger partial charge < -0.3 is 9.47 Å². The summed E-state index contributed by atoms with van der Waals surface area (Å²) >= 11 is 0. The number of ether oxygens (including phenoxy) is 2. The van der Waals surface area contributed by atoms with Crippen LogP contribution in [0.5, 0.6) is 11.5 Å². The first kappa shape index (κ1) is 13.9. The van der Waals surface area contributed by atoms with E-state index in [0.717, 1.165) is 16.9 Å². The Morgan fingerprint density at radius 2 is 1.70 bits per heavy atom. The average Bonchev–Trinajstić information content (AvgIpc) is 3.05. The van der Waals surface area contributed by atoms with Gasteiger partial charge in [-0.25, -0.2) is 0 Å². The number of benzene rings is 1. The molecule has 0 radical (unpaired) electrons. The van der Waals surface area contributed by atoms with E-state index in [0.29, 0.717) is 22.6 Å². The highest BCUT2D eigenvalue weighted by atomic mass is 31.1. The molecule has 2 saturated heterocycles. The molecule has 0 unspecified atom stereocenters. The molecule has 0 saturated carbocycles. The molecule has 3 rings (SSSR count). The second-order valence-electron chi connectivity index (χ2n) is 5.70. The van der Waals surface area contributed by atoms with Gasteiger partial charge >= 0.3 is 0 Å². The molecule has 0 N–H and O–H groups in total. The van der Waals surface area contributed by atoms with E-state index in [9.17, 15) is 4.79 Å². The third kappa shape index (κ3) is 2.13. The zero-order valence-electron chi connectivity index (χ0n) is 12.3. The predicted octanol–water partition coefficient (Wildman–Crippen LogP) is 3.96. The lowest BCUT2D eigenvalue weighted by atomic mass is 10.0. The Morgan fingerprint density at radius 3 is 2.20 bits per heavy atom. The molecule has 4 heteroatoms. The fourth-order valence-corrected chi connectivity index (χ4v) is 7.16. The summed E-state index contributed by atoms with van der Waals surface area (Å²) < 4.78 is 10.7. The summed E-state index contributed by atoms with van der Waals surface area (Å²) in [5, 5.41) is 0. The Kier molecular flexibility index (Phi) is 3.72. The van der Waals surface area contributed by atoms with Gasteiger partial charge in [0.05, 0.1) is 19.8 Å². The number of rotatable bonds is 4. The molecular weight excluding hydrogens is 271 g/mol. The van der Waals surface area contributed by atoms with E-state index in [1.807, 2.05) is 19.1 Å². The van der Waals surface area contributed by atoms with Crippen LogP contribution in [0.3, 0.4) is 0 Å². The number of methoxy groups -OCH3 is 2. The first-order valence-electron chi connectivity index (χ1n) is 7.21. The van der Waals surface area contributed by atoms with E-state index in [2.05, 4.69) is 0 Å². The third-order valence-electron chi connectivity index (χ3n) is 4.63. The van der Waals surface area contributed by atoms with Crippen molar-refractivity contribution in [3.63, 3.8) is 0 Å². The van der Waals surface area contributed by atoms with Crippen LogP contribution in [0.25, 0.3) is 0 Å². The maximum Gasteiger partial charge on any atom is 0.188 e. The highest BCUT2D eigenvalue weighted by Gasteiger charge is 2.46.